The Morgan fingerprint density at radius 1 is 1.14 bits per heavy atom. The summed E-state index contributed by atoms with van der Waals surface area (Å²) < 4.78 is 13.6. The monoisotopic (exact) mass is 285 g/mol. The number of hydrogen-bond donors (Lipinski definition) is 3. The van der Waals surface area contributed by atoms with Crippen LogP contribution >= 0.6 is 0 Å². The Labute approximate surface area is 121 Å². The van der Waals surface area contributed by atoms with Gasteiger partial charge in [-0.15, -0.1) is 0 Å². The normalized spacial score (nSPS) is 12.5. The van der Waals surface area contributed by atoms with Crippen LogP contribution in [0.4, 0.5) is 10.1 Å². The average Bonchev–Trinajstić information content (AvgIpc) is 2.80. The van der Waals surface area contributed by atoms with Crippen molar-refractivity contribution >= 4 is 16.7 Å². The van der Waals surface area contributed by atoms with Crippen molar-refractivity contribution in [2.75, 3.05) is 5.32 Å². The van der Waals surface area contributed by atoms with Gasteiger partial charge in [-0.2, -0.15) is 0 Å². The maximum Gasteiger partial charge on any atom is 0.323 e. The number of aromatic amines is 2. The van der Waals surface area contributed by atoms with Crippen molar-refractivity contribution in [2.45, 2.75) is 19.4 Å². The fraction of sp³-hybridized carbons (Fsp3) is 0.188. The van der Waals surface area contributed by atoms with Gasteiger partial charge in [-0.25, -0.2) is 9.18 Å². The van der Waals surface area contributed by atoms with Crippen LogP contribution in [0.2, 0.25) is 0 Å². The number of fused-ring (bicyclic) bond motifs is 1. The third-order valence-electron chi connectivity index (χ3n) is 3.41. The number of hydrogen-bond acceptors (Lipinski definition) is 2. The highest BCUT2D eigenvalue weighted by atomic mass is 19.1. The Morgan fingerprint density at radius 3 is 2.71 bits per heavy atom. The summed E-state index contributed by atoms with van der Waals surface area (Å²) in [6.07, 6.45) is 0.592. The second kappa shape index (κ2) is 5.44. The van der Waals surface area contributed by atoms with Crippen LogP contribution < -0.4 is 11.0 Å². The van der Waals surface area contributed by atoms with Gasteiger partial charge in [0, 0.05) is 11.7 Å². The highest BCUT2D eigenvalue weighted by Crippen LogP contribution is 2.17. The highest BCUT2D eigenvalue weighted by Gasteiger charge is 2.08. The molecule has 0 saturated carbocycles. The summed E-state index contributed by atoms with van der Waals surface area (Å²) >= 11 is 0. The maximum absolute atomic E-state index is 13.6. The summed E-state index contributed by atoms with van der Waals surface area (Å²) in [5.41, 5.74) is 2.88. The summed E-state index contributed by atoms with van der Waals surface area (Å²) in [6.45, 7) is 2.00. The highest BCUT2D eigenvalue weighted by molar-refractivity contribution is 5.78. The van der Waals surface area contributed by atoms with Gasteiger partial charge < -0.3 is 15.3 Å². The molecule has 3 rings (SSSR count). The molecule has 0 fully saturated rings. The standard InChI is InChI=1S/C16H16FN3O/c1-10(8-11-4-2-3-5-13(11)17)18-12-6-7-14-15(9-12)20-16(21)19-14/h2-7,9-10,18H,8H2,1H3,(H2,19,20,21). The molecule has 0 saturated heterocycles. The van der Waals surface area contributed by atoms with E-state index in [0.717, 1.165) is 16.7 Å². The quantitative estimate of drug-likeness (QED) is 0.690. The van der Waals surface area contributed by atoms with Crippen molar-refractivity contribution < 1.29 is 4.39 Å². The minimum Gasteiger partial charge on any atom is -0.382 e. The molecule has 2 aromatic carbocycles. The Morgan fingerprint density at radius 2 is 1.90 bits per heavy atom. The SMILES string of the molecule is CC(Cc1ccccc1F)Nc1ccc2[nH]c(=O)[nH]c2c1. The lowest BCUT2D eigenvalue weighted by atomic mass is 10.1. The molecule has 0 amide bonds. The number of imidazole rings is 1. The van der Waals surface area contributed by atoms with E-state index < -0.39 is 0 Å². The number of aromatic nitrogens is 2. The minimum atomic E-state index is -0.221. The predicted octanol–water partition coefficient (Wildman–Crippen LogP) is 3.04. The van der Waals surface area contributed by atoms with Crippen molar-refractivity contribution in [1.29, 1.82) is 0 Å². The van der Waals surface area contributed by atoms with Crippen LogP contribution in [0.3, 0.4) is 0 Å². The van der Waals surface area contributed by atoms with Crippen molar-refractivity contribution in [1.82, 2.24) is 9.97 Å². The van der Waals surface area contributed by atoms with Crippen LogP contribution in [0.15, 0.2) is 47.3 Å². The molecule has 0 aliphatic carbocycles. The molecule has 1 unspecified atom stereocenters. The van der Waals surface area contributed by atoms with E-state index >= 15 is 0 Å². The Bertz CT molecular complexity index is 822. The Hall–Kier alpha value is -2.56. The molecule has 0 aliphatic heterocycles. The van der Waals surface area contributed by atoms with Crippen LogP contribution in [0.1, 0.15) is 12.5 Å². The predicted molar refractivity (Wildman–Crippen MR) is 82.1 cm³/mol. The van der Waals surface area contributed by atoms with Crippen LogP contribution in [0, 0.1) is 5.82 Å². The number of benzene rings is 2. The summed E-state index contributed by atoms with van der Waals surface area (Å²) in [5.74, 6) is -0.184. The molecule has 3 aromatic rings. The third-order valence-corrected chi connectivity index (χ3v) is 3.41. The molecule has 1 heterocycles. The molecular formula is C16H16FN3O. The molecule has 0 bridgehead atoms. The van der Waals surface area contributed by atoms with Gasteiger partial charge in [0.25, 0.3) is 0 Å². The van der Waals surface area contributed by atoms with Gasteiger partial charge in [0.1, 0.15) is 5.82 Å². The van der Waals surface area contributed by atoms with Gasteiger partial charge >= 0.3 is 5.69 Å². The Kier molecular flexibility index (Phi) is 3.48. The topological polar surface area (TPSA) is 60.7 Å². The zero-order chi connectivity index (χ0) is 14.8. The molecule has 0 radical (unpaired) electrons. The first-order valence-electron chi connectivity index (χ1n) is 6.84. The van der Waals surface area contributed by atoms with Crippen LogP contribution in [-0.4, -0.2) is 16.0 Å². The molecule has 5 heteroatoms. The number of H-pyrrole nitrogens is 2. The van der Waals surface area contributed by atoms with Crippen LogP contribution in [-0.2, 0) is 6.42 Å². The van der Waals surface area contributed by atoms with E-state index in [9.17, 15) is 9.18 Å². The second-order valence-electron chi connectivity index (χ2n) is 5.18. The van der Waals surface area contributed by atoms with E-state index in [1.165, 1.54) is 6.07 Å². The van der Waals surface area contributed by atoms with Gasteiger partial charge in [-0.05, 0) is 43.2 Å². The minimum absolute atomic E-state index is 0.0741. The van der Waals surface area contributed by atoms with Gasteiger partial charge in [-0.3, -0.25) is 0 Å². The molecule has 108 valence electrons. The number of anilines is 1. The van der Waals surface area contributed by atoms with Crippen molar-refractivity contribution in [3.63, 3.8) is 0 Å². The number of rotatable bonds is 4. The largest absolute Gasteiger partial charge is 0.382 e. The van der Waals surface area contributed by atoms with E-state index in [1.54, 1.807) is 12.1 Å². The lowest BCUT2D eigenvalue weighted by Crippen LogP contribution is -2.18. The van der Waals surface area contributed by atoms with E-state index in [1.807, 2.05) is 31.2 Å². The third kappa shape index (κ3) is 2.97. The summed E-state index contributed by atoms with van der Waals surface area (Å²) in [5, 5.41) is 3.32. The van der Waals surface area contributed by atoms with Gasteiger partial charge in [0.05, 0.1) is 11.0 Å². The van der Waals surface area contributed by atoms with Gasteiger partial charge in [-0.1, -0.05) is 18.2 Å². The molecule has 0 spiro atoms. The van der Waals surface area contributed by atoms with Crippen molar-refractivity contribution in [3.05, 3.63) is 64.3 Å². The fourth-order valence-corrected chi connectivity index (χ4v) is 2.45. The molecule has 1 atom stereocenters. The van der Waals surface area contributed by atoms with E-state index in [4.69, 9.17) is 0 Å². The van der Waals surface area contributed by atoms with Gasteiger partial charge in [0.15, 0.2) is 0 Å². The lowest BCUT2D eigenvalue weighted by molar-refractivity contribution is 0.601. The molecule has 1 aromatic heterocycles. The van der Waals surface area contributed by atoms with Crippen molar-refractivity contribution in [3.8, 4) is 0 Å². The second-order valence-corrected chi connectivity index (χ2v) is 5.18. The maximum atomic E-state index is 13.6. The fourth-order valence-electron chi connectivity index (χ4n) is 2.45. The zero-order valence-corrected chi connectivity index (χ0v) is 11.6. The lowest BCUT2D eigenvalue weighted by Gasteiger charge is -2.15. The van der Waals surface area contributed by atoms with Gasteiger partial charge in [0.2, 0.25) is 0 Å². The number of nitrogens with one attached hydrogen (secondary N) is 3. The zero-order valence-electron chi connectivity index (χ0n) is 11.6. The van der Waals surface area contributed by atoms with E-state index in [0.29, 0.717) is 12.0 Å². The van der Waals surface area contributed by atoms with E-state index in [-0.39, 0.29) is 17.5 Å². The molecule has 0 aliphatic rings. The summed E-state index contributed by atoms with van der Waals surface area (Å²) in [6, 6.07) is 12.5. The summed E-state index contributed by atoms with van der Waals surface area (Å²) in [4.78, 5) is 16.6. The molecule has 3 N–H and O–H groups in total. The van der Waals surface area contributed by atoms with E-state index in [2.05, 4.69) is 15.3 Å². The first-order chi connectivity index (χ1) is 10.1. The average molecular weight is 285 g/mol. The Balaban J connectivity index is 1.75. The van der Waals surface area contributed by atoms with Crippen LogP contribution in [0.25, 0.3) is 11.0 Å². The first-order valence-corrected chi connectivity index (χ1v) is 6.84. The van der Waals surface area contributed by atoms with Crippen LogP contribution in [0.5, 0.6) is 0 Å². The molecule has 21 heavy (non-hydrogen) atoms. The first kappa shape index (κ1) is 13.4. The summed E-state index contributed by atoms with van der Waals surface area (Å²) in [7, 11) is 0. The number of halogens is 1. The van der Waals surface area contributed by atoms with Crippen molar-refractivity contribution in [2.24, 2.45) is 0 Å². The molecule has 4 nitrogen and oxygen atoms in total. The molecular weight excluding hydrogens is 269 g/mol. The smallest absolute Gasteiger partial charge is 0.323 e.